The van der Waals surface area contributed by atoms with E-state index in [1.807, 2.05) is 37.3 Å². The van der Waals surface area contributed by atoms with Gasteiger partial charge < -0.3 is 19.6 Å². The molecule has 0 radical (unpaired) electrons. The Morgan fingerprint density at radius 2 is 1.78 bits per heavy atom. The Balaban J connectivity index is 1.89. The molecule has 0 aliphatic heterocycles. The van der Waals surface area contributed by atoms with E-state index in [9.17, 15) is 0 Å². The van der Waals surface area contributed by atoms with Crippen molar-refractivity contribution in [3.8, 4) is 11.5 Å². The number of rotatable bonds is 6. The van der Waals surface area contributed by atoms with Crippen LogP contribution in [0.3, 0.4) is 0 Å². The number of hydrogen-bond acceptors (Lipinski definition) is 4. The van der Waals surface area contributed by atoms with Gasteiger partial charge in [0.1, 0.15) is 23.9 Å². The van der Waals surface area contributed by atoms with Crippen LogP contribution in [0.4, 0.5) is 0 Å². The Kier molecular flexibility index (Phi) is 4.25. The number of hydrogen-bond donors (Lipinski definition) is 1. The summed E-state index contributed by atoms with van der Waals surface area (Å²) in [5, 5.41) is 0. The molecule has 0 atom stereocenters. The predicted molar refractivity (Wildman–Crippen MR) is 68.5 cm³/mol. The molecule has 18 heavy (non-hydrogen) atoms. The number of furan rings is 1. The number of nitrogens with two attached hydrogens (primary N) is 1. The van der Waals surface area contributed by atoms with Crippen molar-refractivity contribution >= 4 is 0 Å². The third-order valence-electron chi connectivity index (χ3n) is 2.46. The van der Waals surface area contributed by atoms with Gasteiger partial charge in [0.2, 0.25) is 0 Å². The fourth-order valence-electron chi connectivity index (χ4n) is 1.56. The van der Waals surface area contributed by atoms with Gasteiger partial charge in [0, 0.05) is 12.1 Å². The maximum atomic E-state index is 5.59. The second kappa shape index (κ2) is 6.12. The fraction of sp³-hybridized carbons (Fsp3) is 0.286. The smallest absolute Gasteiger partial charge is 0.146 e. The minimum atomic E-state index is 0.397. The first kappa shape index (κ1) is 12.5. The van der Waals surface area contributed by atoms with E-state index in [0.29, 0.717) is 19.8 Å². The first-order valence-corrected chi connectivity index (χ1v) is 5.94. The third kappa shape index (κ3) is 3.28. The second-order valence-electron chi connectivity index (χ2n) is 3.82. The summed E-state index contributed by atoms with van der Waals surface area (Å²) in [6, 6.07) is 9.41. The van der Waals surface area contributed by atoms with Crippen LogP contribution in [0.15, 0.2) is 41.0 Å². The lowest BCUT2D eigenvalue weighted by atomic mass is 10.3. The molecule has 0 fully saturated rings. The zero-order valence-corrected chi connectivity index (χ0v) is 10.4. The summed E-state index contributed by atoms with van der Waals surface area (Å²) in [5.41, 5.74) is 6.47. The minimum Gasteiger partial charge on any atom is -0.494 e. The van der Waals surface area contributed by atoms with Gasteiger partial charge in [-0.25, -0.2) is 0 Å². The monoisotopic (exact) mass is 247 g/mol. The average Bonchev–Trinajstić information content (AvgIpc) is 2.86. The highest BCUT2D eigenvalue weighted by atomic mass is 16.5. The topological polar surface area (TPSA) is 57.6 Å². The summed E-state index contributed by atoms with van der Waals surface area (Å²) in [4.78, 5) is 0. The molecule has 0 unspecified atom stereocenters. The van der Waals surface area contributed by atoms with Gasteiger partial charge in [-0.05, 0) is 37.3 Å². The molecule has 0 bridgehead atoms. The summed E-state index contributed by atoms with van der Waals surface area (Å²) in [6.07, 6.45) is 1.65. The van der Waals surface area contributed by atoms with Crippen LogP contribution >= 0.6 is 0 Å². The van der Waals surface area contributed by atoms with Gasteiger partial charge in [0.25, 0.3) is 0 Å². The van der Waals surface area contributed by atoms with E-state index in [2.05, 4.69) is 0 Å². The number of ether oxygens (including phenoxy) is 2. The van der Waals surface area contributed by atoms with Gasteiger partial charge in [-0.2, -0.15) is 0 Å². The molecular formula is C14H17NO3. The lowest BCUT2D eigenvalue weighted by Crippen LogP contribution is -1.95. The standard InChI is InChI=1S/C14H17NO3/c1-2-16-12-3-5-13(6-4-12)18-10-14-7-11(8-15)9-17-14/h3-7,9H,2,8,10,15H2,1H3. The van der Waals surface area contributed by atoms with E-state index >= 15 is 0 Å². The lowest BCUT2D eigenvalue weighted by Gasteiger charge is -2.06. The van der Waals surface area contributed by atoms with Gasteiger partial charge in [-0.15, -0.1) is 0 Å². The third-order valence-corrected chi connectivity index (χ3v) is 2.46. The number of benzene rings is 1. The van der Waals surface area contributed by atoms with Crippen LogP contribution in [0.5, 0.6) is 11.5 Å². The Hall–Kier alpha value is -1.94. The normalized spacial score (nSPS) is 10.3. The highest BCUT2D eigenvalue weighted by Crippen LogP contribution is 2.19. The van der Waals surface area contributed by atoms with Gasteiger partial charge in [0.15, 0.2) is 0 Å². The molecule has 0 saturated carbocycles. The summed E-state index contributed by atoms with van der Waals surface area (Å²) >= 11 is 0. The van der Waals surface area contributed by atoms with Crippen molar-refractivity contribution in [2.75, 3.05) is 6.61 Å². The molecule has 2 N–H and O–H groups in total. The van der Waals surface area contributed by atoms with Gasteiger partial charge in [-0.1, -0.05) is 0 Å². The Labute approximate surface area is 106 Å². The van der Waals surface area contributed by atoms with Crippen molar-refractivity contribution in [3.05, 3.63) is 47.9 Å². The molecule has 0 amide bonds. The predicted octanol–water partition coefficient (Wildman–Crippen LogP) is 2.72. The zero-order chi connectivity index (χ0) is 12.8. The highest BCUT2D eigenvalue weighted by molar-refractivity contribution is 5.31. The van der Waals surface area contributed by atoms with E-state index in [-0.39, 0.29) is 0 Å². The van der Waals surface area contributed by atoms with E-state index < -0.39 is 0 Å². The van der Waals surface area contributed by atoms with Crippen LogP contribution < -0.4 is 15.2 Å². The van der Waals surface area contributed by atoms with Crippen molar-refractivity contribution in [3.63, 3.8) is 0 Å². The van der Waals surface area contributed by atoms with Gasteiger partial charge in [-0.3, -0.25) is 0 Å². The summed E-state index contributed by atoms with van der Waals surface area (Å²) in [5.74, 6) is 2.39. The maximum Gasteiger partial charge on any atom is 0.146 e. The molecule has 1 aromatic carbocycles. The SMILES string of the molecule is CCOc1ccc(OCc2cc(CN)co2)cc1. The molecule has 2 aromatic rings. The van der Waals surface area contributed by atoms with E-state index in [1.54, 1.807) is 6.26 Å². The van der Waals surface area contributed by atoms with Gasteiger partial charge in [0.05, 0.1) is 12.9 Å². The van der Waals surface area contributed by atoms with Crippen LogP contribution in [-0.2, 0) is 13.2 Å². The maximum absolute atomic E-state index is 5.59. The molecule has 2 rings (SSSR count). The van der Waals surface area contributed by atoms with Crippen molar-refractivity contribution in [2.24, 2.45) is 5.73 Å². The van der Waals surface area contributed by atoms with E-state index in [1.165, 1.54) is 0 Å². The van der Waals surface area contributed by atoms with Crippen LogP contribution in [0.25, 0.3) is 0 Å². The summed E-state index contributed by atoms with van der Waals surface area (Å²) in [6.45, 7) is 3.49. The molecule has 0 saturated heterocycles. The van der Waals surface area contributed by atoms with Crippen molar-refractivity contribution in [1.82, 2.24) is 0 Å². The van der Waals surface area contributed by atoms with Crippen LogP contribution in [0.2, 0.25) is 0 Å². The summed E-state index contributed by atoms with van der Waals surface area (Å²) < 4.78 is 16.3. The quantitative estimate of drug-likeness (QED) is 0.852. The van der Waals surface area contributed by atoms with Crippen LogP contribution in [0.1, 0.15) is 18.2 Å². The van der Waals surface area contributed by atoms with Crippen molar-refractivity contribution < 1.29 is 13.9 Å². The fourth-order valence-corrected chi connectivity index (χ4v) is 1.56. The largest absolute Gasteiger partial charge is 0.494 e. The zero-order valence-electron chi connectivity index (χ0n) is 10.4. The Morgan fingerprint density at radius 1 is 1.11 bits per heavy atom. The molecule has 0 aliphatic carbocycles. The lowest BCUT2D eigenvalue weighted by molar-refractivity contribution is 0.269. The minimum absolute atomic E-state index is 0.397. The van der Waals surface area contributed by atoms with Gasteiger partial charge >= 0.3 is 0 Å². The molecule has 1 heterocycles. The highest BCUT2D eigenvalue weighted by Gasteiger charge is 2.02. The van der Waals surface area contributed by atoms with E-state index in [4.69, 9.17) is 19.6 Å². The first-order chi connectivity index (χ1) is 8.81. The molecule has 4 nitrogen and oxygen atoms in total. The second-order valence-corrected chi connectivity index (χ2v) is 3.82. The molecule has 1 aromatic heterocycles. The average molecular weight is 247 g/mol. The molecule has 4 heteroatoms. The Bertz CT molecular complexity index is 476. The molecule has 96 valence electrons. The van der Waals surface area contributed by atoms with E-state index in [0.717, 1.165) is 22.8 Å². The summed E-state index contributed by atoms with van der Waals surface area (Å²) in [7, 11) is 0. The van der Waals surface area contributed by atoms with Crippen molar-refractivity contribution in [2.45, 2.75) is 20.1 Å². The Morgan fingerprint density at radius 3 is 2.33 bits per heavy atom. The molecule has 0 aliphatic rings. The van der Waals surface area contributed by atoms with Crippen molar-refractivity contribution in [1.29, 1.82) is 0 Å². The van der Waals surface area contributed by atoms with Crippen LogP contribution in [-0.4, -0.2) is 6.61 Å². The van der Waals surface area contributed by atoms with Crippen LogP contribution in [0, 0.1) is 0 Å². The first-order valence-electron chi connectivity index (χ1n) is 5.94. The molecular weight excluding hydrogens is 230 g/mol. The molecule has 0 spiro atoms.